The Morgan fingerprint density at radius 2 is 2.10 bits per heavy atom. The molecule has 0 saturated carbocycles. The summed E-state index contributed by atoms with van der Waals surface area (Å²) < 4.78 is 11.4. The van der Waals surface area contributed by atoms with Crippen molar-refractivity contribution in [3.63, 3.8) is 0 Å². The average molecular weight is 296 g/mol. The molecule has 3 N–H and O–H groups in total. The summed E-state index contributed by atoms with van der Waals surface area (Å²) in [5, 5.41) is 6.35. The Bertz CT molecular complexity index is 584. The topological polar surface area (TPSA) is 95.6 Å². The highest BCUT2D eigenvalue weighted by Gasteiger charge is 2.09. The lowest BCUT2D eigenvalue weighted by Crippen LogP contribution is -2.14. The SMILES string of the molecule is CCCNc1nc(NCCS(=O)CC)c2[nH]cnc2n1. The summed E-state index contributed by atoms with van der Waals surface area (Å²) in [6.45, 7) is 5.42. The van der Waals surface area contributed by atoms with E-state index in [0.717, 1.165) is 18.5 Å². The van der Waals surface area contributed by atoms with Gasteiger partial charge in [-0.1, -0.05) is 13.8 Å². The van der Waals surface area contributed by atoms with Gasteiger partial charge in [-0.2, -0.15) is 9.97 Å². The molecule has 1 atom stereocenters. The third-order valence-electron chi connectivity index (χ3n) is 2.76. The van der Waals surface area contributed by atoms with Crippen molar-refractivity contribution in [3.8, 4) is 0 Å². The monoisotopic (exact) mass is 296 g/mol. The largest absolute Gasteiger partial charge is 0.367 e. The van der Waals surface area contributed by atoms with Gasteiger partial charge in [0.1, 0.15) is 5.52 Å². The highest BCUT2D eigenvalue weighted by Crippen LogP contribution is 2.18. The Kier molecular flexibility index (Phi) is 5.28. The van der Waals surface area contributed by atoms with Gasteiger partial charge in [0.15, 0.2) is 11.5 Å². The maximum atomic E-state index is 11.4. The molecule has 8 heteroatoms. The molecule has 0 aliphatic heterocycles. The first-order valence-electron chi connectivity index (χ1n) is 6.78. The molecule has 7 nitrogen and oxygen atoms in total. The summed E-state index contributed by atoms with van der Waals surface area (Å²) in [5.74, 6) is 2.53. The second-order valence-corrected chi connectivity index (χ2v) is 6.15. The van der Waals surface area contributed by atoms with Gasteiger partial charge in [0.05, 0.1) is 6.33 Å². The second kappa shape index (κ2) is 7.18. The molecule has 0 fully saturated rings. The standard InChI is InChI=1S/C12H20N6OS/c1-3-5-14-12-17-10(13-6-7-20(19)4-2)9-11(18-12)16-8-15-9/h8H,3-7H2,1-2H3,(H3,13,14,15,16,17,18). The predicted octanol–water partition coefficient (Wildman–Crippen LogP) is 1.36. The molecule has 0 bridgehead atoms. The van der Waals surface area contributed by atoms with Crippen LogP contribution in [-0.4, -0.2) is 48.7 Å². The minimum absolute atomic E-state index is 0.561. The van der Waals surface area contributed by atoms with Gasteiger partial charge >= 0.3 is 0 Å². The molecule has 0 aliphatic carbocycles. The van der Waals surface area contributed by atoms with Crippen LogP contribution in [0.1, 0.15) is 20.3 Å². The number of rotatable bonds is 8. The lowest BCUT2D eigenvalue weighted by atomic mass is 10.4. The first-order valence-corrected chi connectivity index (χ1v) is 8.27. The highest BCUT2D eigenvalue weighted by molar-refractivity contribution is 7.84. The van der Waals surface area contributed by atoms with E-state index in [0.29, 0.717) is 35.5 Å². The van der Waals surface area contributed by atoms with E-state index in [1.54, 1.807) is 6.33 Å². The lowest BCUT2D eigenvalue weighted by Gasteiger charge is -2.08. The number of nitrogens with one attached hydrogen (secondary N) is 3. The Morgan fingerprint density at radius 1 is 1.25 bits per heavy atom. The van der Waals surface area contributed by atoms with Crippen LogP contribution in [0.15, 0.2) is 6.33 Å². The molecular weight excluding hydrogens is 276 g/mol. The molecule has 0 saturated heterocycles. The summed E-state index contributed by atoms with van der Waals surface area (Å²) in [6, 6.07) is 0. The van der Waals surface area contributed by atoms with E-state index < -0.39 is 10.8 Å². The molecule has 20 heavy (non-hydrogen) atoms. The third-order valence-corrected chi connectivity index (χ3v) is 4.07. The minimum Gasteiger partial charge on any atom is -0.367 e. The highest BCUT2D eigenvalue weighted by atomic mass is 32.2. The lowest BCUT2D eigenvalue weighted by molar-refractivity contribution is 0.684. The van der Waals surface area contributed by atoms with E-state index in [-0.39, 0.29) is 0 Å². The summed E-state index contributed by atoms with van der Waals surface area (Å²) in [5.41, 5.74) is 1.40. The van der Waals surface area contributed by atoms with Crippen molar-refractivity contribution in [1.82, 2.24) is 19.9 Å². The number of anilines is 2. The van der Waals surface area contributed by atoms with Gasteiger partial charge in [-0.05, 0) is 6.42 Å². The zero-order valence-electron chi connectivity index (χ0n) is 11.8. The van der Waals surface area contributed by atoms with E-state index in [9.17, 15) is 4.21 Å². The van der Waals surface area contributed by atoms with E-state index in [4.69, 9.17) is 0 Å². The quantitative estimate of drug-likeness (QED) is 0.680. The predicted molar refractivity (Wildman–Crippen MR) is 82.5 cm³/mol. The summed E-state index contributed by atoms with van der Waals surface area (Å²) >= 11 is 0. The van der Waals surface area contributed by atoms with Crippen molar-refractivity contribution in [1.29, 1.82) is 0 Å². The Hall–Kier alpha value is -1.70. The summed E-state index contributed by atoms with van der Waals surface area (Å²) in [4.78, 5) is 15.9. The van der Waals surface area contributed by atoms with E-state index in [1.165, 1.54) is 0 Å². The van der Waals surface area contributed by atoms with Crippen LogP contribution in [0.2, 0.25) is 0 Å². The average Bonchev–Trinajstić information content (AvgIpc) is 2.93. The van der Waals surface area contributed by atoms with Crippen LogP contribution in [0.5, 0.6) is 0 Å². The summed E-state index contributed by atoms with van der Waals surface area (Å²) in [6.07, 6.45) is 2.60. The van der Waals surface area contributed by atoms with E-state index in [2.05, 4.69) is 37.5 Å². The number of H-pyrrole nitrogens is 1. The van der Waals surface area contributed by atoms with Crippen LogP contribution in [0, 0.1) is 0 Å². The molecule has 2 aromatic heterocycles. The van der Waals surface area contributed by atoms with Crippen LogP contribution in [0.4, 0.5) is 11.8 Å². The molecule has 2 aromatic rings. The Labute approximate surface area is 120 Å². The fourth-order valence-corrected chi connectivity index (χ4v) is 2.32. The molecule has 1 unspecified atom stereocenters. The fraction of sp³-hybridized carbons (Fsp3) is 0.583. The van der Waals surface area contributed by atoms with Crippen LogP contribution >= 0.6 is 0 Å². The van der Waals surface area contributed by atoms with Gasteiger partial charge in [-0.3, -0.25) is 4.21 Å². The van der Waals surface area contributed by atoms with E-state index >= 15 is 0 Å². The first kappa shape index (κ1) is 14.7. The third kappa shape index (κ3) is 3.66. The van der Waals surface area contributed by atoms with Gasteiger partial charge < -0.3 is 15.6 Å². The number of aromatic amines is 1. The summed E-state index contributed by atoms with van der Waals surface area (Å²) in [7, 11) is -0.782. The van der Waals surface area contributed by atoms with Gasteiger partial charge in [0.2, 0.25) is 5.95 Å². The van der Waals surface area contributed by atoms with Crippen LogP contribution < -0.4 is 10.6 Å². The zero-order chi connectivity index (χ0) is 14.4. The zero-order valence-corrected chi connectivity index (χ0v) is 12.6. The number of imidazole rings is 1. The van der Waals surface area contributed by atoms with Crippen molar-refractivity contribution in [3.05, 3.63) is 6.33 Å². The van der Waals surface area contributed by atoms with Crippen molar-refractivity contribution in [2.24, 2.45) is 0 Å². The van der Waals surface area contributed by atoms with Gasteiger partial charge in [-0.15, -0.1) is 0 Å². The normalized spacial score (nSPS) is 12.5. The number of hydrogen-bond acceptors (Lipinski definition) is 6. The maximum absolute atomic E-state index is 11.4. The van der Waals surface area contributed by atoms with Crippen molar-refractivity contribution in [2.75, 3.05) is 35.2 Å². The van der Waals surface area contributed by atoms with Gasteiger partial charge in [0, 0.05) is 35.4 Å². The smallest absolute Gasteiger partial charge is 0.226 e. The van der Waals surface area contributed by atoms with Crippen LogP contribution in [0.3, 0.4) is 0 Å². The number of fused-ring (bicyclic) bond motifs is 1. The minimum atomic E-state index is -0.782. The molecule has 2 heterocycles. The van der Waals surface area contributed by atoms with Crippen molar-refractivity contribution in [2.45, 2.75) is 20.3 Å². The van der Waals surface area contributed by atoms with Gasteiger partial charge in [0.25, 0.3) is 0 Å². The van der Waals surface area contributed by atoms with Gasteiger partial charge in [-0.25, -0.2) is 4.98 Å². The molecule has 2 rings (SSSR count). The number of nitrogens with zero attached hydrogens (tertiary/aromatic N) is 3. The maximum Gasteiger partial charge on any atom is 0.226 e. The molecule has 0 aromatic carbocycles. The number of hydrogen-bond donors (Lipinski definition) is 3. The molecule has 0 aliphatic rings. The molecular formula is C12H20N6OS. The fourth-order valence-electron chi connectivity index (χ4n) is 1.70. The van der Waals surface area contributed by atoms with Crippen LogP contribution in [-0.2, 0) is 10.8 Å². The molecule has 0 amide bonds. The second-order valence-electron chi connectivity index (χ2n) is 4.28. The van der Waals surface area contributed by atoms with Crippen molar-refractivity contribution < 1.29 is 4.21 Å². The molecule has 0 radical (unpaired) electrons. The molecule has 0 spiro atoms. The van der Waals surface area contributed by atoms with Crippen LogP contribution in [0.25, 0.3) is 11.2 Å². The van der Waals surface area contributed by atoms with E-state index in [1.807, 2.05) is 6.92 Å². The molecule has 110 valence electrons. The van der Waals surface area contributed by atoms with Crippen molar-refractivity contribution >= 4 is 33.7 Å². The first-order chi connectivity index (χ1) is 9.74. The number of aromatic nitrogens is 4. The Balaban J connectivity index is 2.12. The Morgan fingerprint density at radius 3 is 2.85 bits per heavy atom.